The summed E-state index contributed by atoms with van der Waals surface area (Å²) in [5.74, 6) is 0.240. The average Bonchev–Trinajstić information content (AvgIpc) is 2.64. The van der Waals surface area contributed by atoms with Crippen LogP contribution >= 0.6 is 0 Å². The number of ether oxygens (including phenoxy) is 2. The Morgan fingerprint density at radius 2 is 1.80 bits per heavy atom. The van der Waals surface area contributed by atoms with Gasteiger partial charge in [0.05, 0.1) is 12.1 Å². The van der Waals surface area contributed by atoms with Gasteiger partial charge in [-0.3, -0.25) is 4.79 Å². The van der Waals surface area contributed by atoms with Gasteiger partial charge in [-0.25, -0.2) is 4.79 Å². The summed E-state index contributed by atoms with van der Waals surface area (Å²) in [6, 6.07) is 14.1. The van der Waals surface area contributed by atoms with E-state index in [0.717, 1.165) is 0 Å². The molecule has 6 heteroatoms. The number of nitrogens with one attached hydrogen (secondary N) is 1. The molecular formula is C19H19NO5. The third-order valence-electron chi connectivity index (χ3n) is 3.96. The maximum atomic E-state index is 12.0. The van der Waals surface area contributed by atoms with Crippen molar-refractivity contribution >= 4 is 11.9 Å². The van der Waals surface area contributed by atoms with Crippen molar-refractivity contribution in [3.63, 3.8) is 0 Å². The number of hydrogen-bond donors (Lipinski definition) is 2. The summed E-state index contributed by atoms with van der Waals surface area (Å²) in [4.78, 5) is 23.2. The number of carbonyl (C=O) groups excluding carboxylic acids is 1. The number of hydrogen-bond acceptors (Lipinski definition) is 4. The lowest BCUT2D eigenvalue weighted by Crippen LogP contribution is -2.40. The van der Waals surface area contributed by atoms with E-state index < -0.39 is 5.97 Å². The summed E-state index contributed by atoms with van der Waals surface area (Å²) in [5.41, 5.74) is 0.882. The number of carbonyl (C=O) groups is 2. The van der Waals surface area contributed by atoms with E-state index in [2.05, 4.69) is 5.32 Å². The molecule has 2 N–H and O–H groups in total. The smallest absolute Gasteiger partial charge is 0.335 e. The number of rotatable bonds is 6. The third-order valence-corrected chi connectivity index (χ3v) is 3.96. The largest absolute Gasteiger partial charge is 0.486 e. The molecule has 3 rings (SSSR count). The predicted molar refractivity (Wildman–Crippen MR) is 91.1 cm³/mol. The second-order valence-corrected chi connectivity index (χ2v) is 5.76. The van der Waals surface area contributed by atoms with Crippen molar-refractivity contribution in [1.29, 1.82) is 0 Å². The van der Waals surface area contributed by atoms with Gasteiger partial charge >= 0.3 is 5.97 Å². The molecule has 1 aliphatic rings. The van der Waals surface area contributed by atoms with Crippen molar-refractivity contribution in [2.24, 2.45) is 0 Å². The molecule has 1 aliphatic heterocycles. The average molecular weight is 341 g/mol. The lowest BCUT2D eigenvalue weighted by atomic mass is 10.0. The molecule has 0 aliphatic carbocycles. The van der Waals surface area contributed by atoms with E-state index in [1.54, 1.807) is 24.3 Å². The molecule has 0 spiro atoms. The van der Waals surface area contributed by atoms with Crippen molar-refractivity contribution < 1.29 is 24.2 Å². The van der Waals surface area contributed by atoms with Gasteiger partial charge < -0.3 is 19.9 Å². The summed E-state index contributed by atoms with van der Waals surface area (Å²) in [7, 11) is 0. The van der Waals surface area contributed by atoms with E-state index in [9.17, 15) is 9.59 Å². The van der Waals surface area contributed by atoms with Crippen LogP contribution in [-0.4, -0.2) is 36.2 Å². The molecule has 0 saturated carbocycles. The maximum Gasteiger partial charge on any atom is 0.335 e. The van der Waals surface area contributed by atoms with E-state index in [1.807, 2.05) is 24.3 Å². The first-order chi connectivity index (χ1) is 12.1. The SMILES string of the molecule is O=C(CCc1ccccc1C(=O)O)NCC1COc2ccccc2O1. The highest BCUT2D eigenvalue weighted by Gasteiger charge is 2.21. The Hall–Kier alpha value is -3.02. The fraction of sp³-hybridized carbons (Fsp3) is 0.263. The second kappa shape index (κ2) is 7.70. The van der Waals surface area contributed by atoms with E-state index in [4.69, 9.17) is 14.6 Å². The van der Waals surface area contributed by atoms with Crippen LogP contribution in [-0.2, 0) is 11.2 Å². The summed E-state index contributed by atoms with van der Waals surface area (Å²) in [6.45, 7) is 0.715. The monoisotopic (exact) mass is 341 g/mol. The first kappa shape index (κ1) is 16.8. The molecule has 25 heavy (non-hydrogen) atoms. The van der Waals surface area contributed by atoms with Crippen LogP contribution in [0.5, 0.6) is 11.5 Å². The van der Waals surface area contributed by atoms with Gasteiger partial charge in [0.25, 0.3) is 0 Å². The lowest BCUT2D eigenvalue weighted by Gasteiger charge is -2.26. The molecule has 0 bridgehead atoms. The zero-order valence-electron chi connectivity index (χ0n) is 13.6. The molecule has 2 aromatic rings. The number of amides is 1. The van der Waals surface area contributed by atoms with E-state index in [-0.39, 0.29) is 24.0 Å². The van der Waals surface area contributed by atoms with Crippen LogP contribution in [0.3, 0.4) is 0 Å². The summed E-state index contributed by atoms with van der Waals surface area (Å²) in [6.07, 6.45) is 0.346. The minimum absolute atomic E-state index is 0.150. The van der Waals surface area contributed by atoms with Crippen molar-refractivity contribution in [3.8, 4) is 11.5 Å². The van der Waals surface area contributed by atoms with Crippen LogP contribution in [0.2, 0.25) is 0 Å². The van der Waals surface area contributed by atoms with Crippen LogP contribution in [0.25, 0.3) is 0 Å². The molecule has 0 aromatic heterocycles. The molecular weight excluding hydrogens is 322 g/mol. The zero-order chi connectivity index (χ0) is 17.6. The molecule has 1 atom stereocenters. The highest BCUT2D eigenvalue weighted by molar-refractivity contribution is 5.89. The molecule has 0 radical (unpaired) electrons. The van der Waals surface area contributed by atoms with Gasteiger partial charge in [-0.2, -0.15) is 0 Å². The number of para-hydroxylation sites is 2. The van der Waals surface area contributed by atoms with E-state index in [0.29, 0.717) is 36.6 Å². The Bertz CT molecular complexity index is 774. The Balaban J connectivity index is 1.47. The maximum absolute atomic E-state index is 12.0. The highest BCUT2D eigenvalue weighted by Crippen LogP contribution is 2.30. The van der Waals surface area contributed by atoms with Gasteiger partial charge in [0.2, 0.25) is 5.91 Å². The number of aryl methyl sites for hydroxylation is 1. The van der Waals surface area contributed by atoms with Crippen LogP contribution in [0, 0.1) is 0 Å². The van der Waals surface area contributed by atoms with Crippen LogP contribution in [0.4, 0.5) is 0 Å². The van der Waals surface area contributed by atoms with Crippen LogP contribution in [0.15, 0.2) is 48.5 Å². The van der Waals surface area contributed by atoms with Gasteiger partial charge in [0.1, 0.15) is 12.7 Å². The van der Waals surface area contributed by atoms with Crippen molar-refractivity contribution in [3.05, 3.63) is 59.7 Å². The first-order valence-corrected chi connectivity index (χ1v) is 8.10. The zero-order valence-corrected chi connectivity index (χ0v) is 13.6. The van der Waals surface area contributed by atoms with Crippen molar-refractivity contribution in [2.75, 3.05) is 13.2 Å². The third kappa shape index (κ3) is 4.29. The quantitative estimate of drug-likeness (QED) is 0.842. The van der Waals surface area contributed by atoms with E-state index >= 15 is 0 Å². The summed E-state index contributed by atoms with van der Waals surface area (Å²) >= 11 is 0. The molecule has 1 amide bonds. The number of fused-ring (bicyclic) bond motifs is 1. The normalized spacial score (nSPS) is 15.4. The molecule has 6 nitrogen and oxygen atoms in total. The number of aromatic carboxylic acids is 1. The minimum atomic E-state index is -0.984. The Kier molecular flexibility index (Phi) is 5.18. The fourth-order valence-electron chi connectivity index (χ4n) is 2.67. The minimum Gasteiger partial charge on any atom is -0.486 e. The number of benzene rings is 2. The topological polar surface area (TPSA) is 84.9 Å². The molecule has 1 unspecified atom stereocenters. The first-order valence-electron chi connectivity index (χ1n) is 8.10. The summed E-state index contributed by atoms with van der Waals surface area (Å²) in [5, 5.41) is 12.0. The molecule has 2 aromatic carbocycles. The van der Waals surface area contributed by atoms with Crippen molar-refractivity contribution in [1.82, 2.24) is 5.32 Å². The van der Waals surface area contributed by atoms with Crippen molar-refractivity contribution in [2.45, 2.75) is 18.9 Å². The van der Waals surface area contributed by atoms with Gasteiger partial charge in [-0.05, 0) is 30.2 Å². The van der Waals surface area contributed by atoms with Crippen LogP contribution < -0.4 is 14.8 Å². The molecule has 130 valence electrons. The molecule has 0 saturated heterocycles. The van der Waals surface area contributed by atoms with Gasteiger partial charge in [-0.15, -0.1) is 0 Å². The van der Waals surface area contributed by atoms with Gasteiger partial charge in [0.15, 0.2) is 11.5 Å². The predicted octanol–water partition coefficient (Wildman–Crippen LogP) is 2.27. The summed E-state index contributed by atoms with van der Waals surface area (Å²) < 4.78 is 11.4. The Labute approximate surface area is 145 Å². The van der Waals surface area contributed by atoms with Gasteiger partial charge in [-0.1, -0.05) is 30.3 Å². The number of carboxylic acid groups (broad SMARTS) is 1. The molecule has 0 fully saturated rings. The Morgan fingerprint density at radius 3 is 2.60 bits per heavy atom. The Morgan fingerprint density at radius 1 is 1.08 bits per heavy atom. The highest BCUT2D eigenvalue weighted by atomic mass is 16.6. The van der Waals surface area contributed by atoms with Crippen LogP contribution in [0.1, 0.15) is 22.3 Å². The standard InChI is InChI=1S/C19H19NO5/c21-18(10-9-13-5-1-2-6-15(13)19(22)23)20-11-14-12-24-16-7-3-4-8-17(16)25-14/h1-8,14H,9-12H2,(H,20,21)(H,22,23). The second-order valence-electron chi connectivity index (χ2n) is 5.76. The molecule has 1 heterocycles. The number of carboxylic acids is 1. The van der Waals surface area contributed by atoms with Gasteiger partial charge in [0, 0.05) is 6.42 Å². The van der Waals surface area contributed by atoms with E-state index in [1.165, 1.54) is 0 Å². The lowest BCUT2D eigenvalue weighted by molar-refractivity contribution is -0.121. The fourth-order valence-corrected chi connectivity index (χ4v) is 2.67.